The lowest BCUT2D eigenvalue weighted by Gasteiger charge is -2.14. The van der Waals surface area contributed by atoms with Gasteiger partial charge in [-0.15, -0.1) is 0 Å². The highest BCUT2D eigenvalue weighted by atomic mass is 32.2. The molecule has 1 aliphatic rings. The predicted molar refractivity (Wildman–Crippen MR) is 51.4 cm³/mol. The summed E-state index contributed by atoms with van der Waals surface area (Å²) in [6.07, 6.45) is 0. The van der Waals surface area contributed by atoms with Gasteiger partial charge < -0.3 is 10.0 Å². The van der Waals surface area contributed by atoms with E-state index in [4.69, 9.17) is 5.11 Å². The Hall–Kier alpha value is -1.24. The molecule has 0 aliphatic carbocycles. The van der Waals surface area contributed by atoms with Crippen LogP contribution in [0.15, 0.2) is 10.7 Å². The maximum atomic E-state index is 10.6. The van der Waals surface area contributed by atoms with Gasteiger partial charge in [-0.05, 0) is 6.92 Å². The third-order valence-electron chi connectivity index (χ3n) is 1.86. The van der Waals surface area contributed by atoms with E-state index in [1.807, 2.05) is 6.92 Å². The van der Waals surface area contributed by atoms with Crippen LogP contribution in [0.1, 0.15) is 6.92 Å². The predicted octanol–water partition coefficient (Wildman–Crippen LogP) is 0.585. The molecule has 1 aliphatic heterocycles. The second-order valence-corrected chi connectivity index (χ2v) is 3.73. The topological polar surface area (TPSA) is 83.7 Å². The minimum absolute atomic E-state index is 0.269. The summed E-state index contributed by atoms with van der Waals surface area (Å²) >= 11 is 1.22. The van der Waals surface area contributed by atoms with Gasteiger partial charge in [0.2, 0.25) is 0 Å². The summed E-state index contributed by atoms with van der Waals surface area (Å²) in [4.78, 5) is 22.0. The van der Waals surface area contributed by atoms with Crippen LogP contribution in [0.25, 0.3) is 0 Å². The molecule has 0 spiro atoms. The quantitative estimate of drug-likeness (QED) is 0.424. The van der Waals surface area contributed by atoms with Crippen LogP contribution in [0.5, 0.6) is 0 Å². The fourth-order valence-corrected chi connectivity index (χ4v) is 2.42. The lowest BCUT2D eigenvalue weighted by atomic mass is 10.4. The average molecular weight is 218 g/mol. The van der Waals surface area contributed by atoms with Crippen LogP contribution in [0.3, 0.4) is 0 Å². The summed E-state index contributed by atoms with van der Waals surface area (Å²) in [7, 11) is 0. The molecule has 1 heterocycles. The van der Waals surface area contributed by atoms with Crippen molar-refractivity contribution in [2.24, 2.45) is 0 Å². The lowest BCUT2D eigenvalue weighted by molar-refractivity contribution is -0.422. The first-order valence-corrected chi connectivity index (χ1v) is 5.06. The van der Waals surface area contributed by atoms with Crippen molar-refractivity contribution >= 4 is 17.7 Å². The van der Waals surface area contributed by atoms with Crippen LogP contribution in [0.2, 0.25) is 0 Å². The van der Waals surface area contributed by atoms with E-state index in [2.05, 4.69) is 0 Å². The molecule has 1 rings (SSSR count). The minimum atomic E-state index is -1.47. The van der Waals surface area contributed by atoms with Gasteiger partial charge in [-0.1, -0.05) is 11.8 Å². The van der Waals surface area contributed by atoms with Gasteiger partial charge in [0.25, 0.3) is 0 Å². The summed E-state index contributed by atoms with van der Waals surface area (Å²) in [5.74, 6) is -0.772. The van der Waals surface area contributed by atoms with Gasteiger partial charge in [-0.25, -0.2) is 4.79 Å². The molecular weight excluding hydrogens is 208 g/mol. The van der Waals surface area contributed by atoms with Crippen molar-refractivity contribution in [2.45, 2.75) is 6.92 Å². The Labute approximate surface area is 84.7 Å². The molecule has 1 N–H and O–H groups in total. The van der Waals surface area contributed by atoms with E-state index in [0.717, 1.165) is 0 Å². The van der Waals surface area contributed by atoms with Gasteiger partial charge in [-0.2, -0.15) is 0 Å². The molecule has 78 valence electrons. The van der Waals surface area contributed by atoms with E-state index in [1.165, 1.54) is 11.8 Å². The van der Waals surface area contributed by atoms with Crippen molar-refractivity contribution in [3.05, 3.63) is 20.8 Å². The molecule has 0 bridgehead atoms. The summed E-state index contributed by atoms with van der Waals surface area (Å²) in [6, 6.07) is 0. The minimum Gasteiger partial charge on any atom is -0.473 e. The Morgan fingerprint density at radius 3 is 2.86 bits per heavy atom. The third-order valence-corrected chi connectivity index (χ3v) is 2.97. The highest BCUT2D eigenvalue weighted by Gasteiger charge is 2.33. The van der Waals surface area contributed by atoms with Crippen LogP contribution in [0.4, 0.5) is 0 Å². The average Bonchev–Trinajstić information content (AvgIpc) is 2.51. The molecule has 6 nitrogen and oxygen atoms in total. The Kier molecular flexibility index (Phi) is 3.34. The summed E-state index contributed by atoms with van der Waals surface area (Å²) in [5.41, 5.74) is -0.714. The van der Waals surface area contributed by atoms with Gasteiger partial charge >= 0.3 is 11.7 Å². The number of hydrogen-bond acceptors (Lipinski definition) is 5. The fraction of sp³-hybridized carbons (Fsp3) is 0.571. The van der Waals surface area contributed by atoms with E-state index in [1.54, 1.807) is 4.90 Å². The number of aliphatic carboxylic acids is 1. The van der Waals surface area contributed by atoms with Crippen molar-refractivity contribution in [2.75, 3.05) is 18.8 Å². The van der Waals surface area contributed by atoms with E-state index in [9.17, 15) is 14.9 Å². The maximum absolute atomic E-state index is 10.6. The zero-order valence-electron chi connectivity index (χ0n) is 7.60. The van der Waals surface area contributed by atoms with E-state index >= 15 is 0 Å². The Bertz CT molecular complexity index is 286. The second kappa shape index (κ2) is 4.32. The third kappa shape index (κ3) is 1.98. The Balaban J connectivity index is 3.08. The monoisotopic (exact) mass is 218 g/mol. The molecular formula is C7H10N2O4S. The van der Waals surface area contributed by atoms with Crippen LogP contribution >= 0.6 is 11.8 Å². The fourth-order valence-electron chi connectivity index (χ4n) is 1.21. The van der Waals surface area contributed by atoms with E-state index in [0.29, 0.717) is 18.8 Å². The SMILES string of the molecule is CCN1CCSC1=C(C(=O)O)[N+](=O)[O-]. The zero-order valence-corrected chi connectivity index (χ0v) is 8.41. The van der Waals surface area contributed by atoms with Gasteiger partial charge in [0, 0.05) is 18.8 Å². The number of nitrogens with zero attached hydrogens (tertiary/aromatic N) is 2. The van der Waals surface area contributed by atoms with Crippen molar-refractivity contribution < 1.29 is 14.8 Å². The molecule has 0 saturated carbocycles. The summed E-state index contributed by atoms with van der Waals surface area (Å²) in [5, 5.41) is 19.5. The van der Waals surface area contributed by atoms with Gasteiger partial charge in [0.05, 0.1) is 4.92 Å². The zero-order chi connectivity index (χ0) is 10.7. The van der Waals surface area contributed by atoms with Crippen molar-refractivity contribution in [1.29, 1.82) is 0 Å². The van der Waals surface area contributed by atoms with Gasteiger partial charge in [-0.3, -0.25) is 10.1 Å². The van der Waals surface area contributed by atoms with Crippen LogP contribution < -0.4 is 0 Å². The smallest absolute Gasteiger partial charge is 0.410 e. The normalized spacial score (nSPS) is 19.6. The highest BCUT2D eigenvalue weighted by Crippen LogP contribution is 2.30. The molecule has 0 atom stereocenters. The molecule has 0 unspecified atom stereocenters. The standard InChI is InChI=1S/C7H10N2O4S/c1-2-8-3-4-14-6(8)5(7(10)11)9(12)13/h2-4H2,1H3,(H,10,11). The Morgan fingerprint density at radius 1 is 1.79 bits per heavy atom. The number of carboxylic acids is 1. The number of nitro groups is 1. The number of rotatable bonds is 3. The Morgan fingerprint density at radius 2 is 2.43 bits per heavy atom. The lowest BCUT2D eigenvalue weighted by Crippen LogP contribution is -2.23. The molecule has 0 aromatic carbocycles. The van der Waals surface area contributed by atoms with Crippen molar-refractivity contribution in [3.63, 3.8) is 0 Å². The van der Waals surface area contributed by atoms with Crippen LogP contribution in [-0.2, 0) is 4.79 Å². The summed E-state index contributed by atoms with van der Waals surface area (Å²) < 4.78 is 0. The molecule has 14 heavy (non-hydrogen) atoms. The molecule has 1 saturated heterocycles. The van der Waals surface area contributed by atoms with Crippen LogP contribution in [0, 0.1) is 10.1 Å². The second-order valence-electron chi connectivity index (χ2n) is 2.64. The van der Waals surface area contributed by atoms with Crippen molar-refractivity contribution in [3.8, 4) is 0 Å². The van der Waals surface area contributed by atoms with Gasteiger partial charge in [0.15, 0.2) is 5.03 Å². The molecule has 0 aromatic rings. The van der Waals surface area contributed by atoms with E-state index in [-0.39, 0.29) is 5.03 Å². The number of carboxylic acid groups (broad SMARTS) is 1. The largest absolute Gasteiger partial charge is 0.473 e. The van der Waals surface area contributed by atoms with E-state index < -0.39 is 16.6 Å². The maximum Gasteiger partial charge on any atom is 0.410 e. The first kappa shape index (κ1) is 10.8. The summed E-state index contributed by atoms with van der Waals surface area (Å²) in [6.45, 7) is 3.10. The number of thioether (sulfide) groups is 1. The first-order valence-electron chi connectivity index (χ1n) is 4.07. The molecule has 0 amide bonds. The van der Waals surface area contributed by atoms with Gasteiger partial charge in [0.1, 0.15) is 0 Å². The molecule has 0 radical (unpaired) electrons. The number of hydrogen-bond donors (Lipinski definition) is 1. The molecule has 1 fully saturated rings. The first-order chi connectivity index (χ1) is 6.57. The highest BCUT2D eigenvalue weighted by molar-refractivity contribution is 8.03. The van der Waals surface area contributed by atoms with Crippen LogP contribution in [-0.4, -0.2) is 39.7 Å². The van der Waals surface area contributed by atoms with Crippen molar-refractivity contribution in [1.82, 2.24) is 4.90 Å². The molecule has 0 aromatic heterocycles. The number of carbonyl (C=O) groups is 1. The molecule has 7 heteroatoms.